The van der Waals surface area contributed by atoms with Crippen molar-refractivity contribution in [1.29, 1.82) is 0 Å². The van der Waals surface area contributed by atoms with Crippen molar-refractivity contribution in [2.75, 3.05) is 23.9 Å². The Morgan fingerprint density at radius 1 is 1.26 bits per heavy atom. The molecule has 0 spiro atoms. The maximum atomic E-state index is 12.8. The highest BCUT2D eigenvalue weighted by Crippen LogP contribution is 2.42. The minimum atomic E-state index is -3.02. The number of anilines is 1. The number of aromatic nitrogens is 2. The molecule has 2 aliphatic rings. The molecule has 1 aromatic heterocycles. The molecule has 1 N–H and O–H groups in total. The van der Waals surface area contributed by atoms with E-state index in [1.165, 1.54) is 0 Å². The van der Waals surface area contributed by atoms with Crippen LogP contribution in [0.1, 0.15) is 53.0 Å². The Hall–Kier alpha value is -2.35. The highest BCUT2D eigenvalue weighted by atomic mass is 32.2. The second kappa shape index (κ2) is 6.67. The van der Waals surface area contributed by atoms with Crippen LogP contribution in [0.2, 0.25) is 0 Å². The van der Waals surface area contributed by atoms with Crippen LogP contribution in [0.3, 0.4) is 0 Å². The van der Waals surface area contributed by atoms with E-state index < -0.39 is 9.84 Å². The number of methoxy groups -OCH3 is 1. The predicted octanol–water partition coefficient (Wildman–Crippen LogP) is 2.69. The fourth-order valence-electron chi connectivity index (χ4n) is 3.57. The third-order valence-electron chi connectivity index (χ3n) is 5.15. The van der Waals surface area contributed by atoms with Gasteiger partial charge in [0.2, 0.25) is 0 Å². The minimum Gasteiger partial charge on any atom is -0.495 e. The van der Waals surface area contributed by atoms with Crippen molar-refractivity contribution in [3.63, 3.8) is 0 Å². The van der Waals surface area contributed by atoms with Crippen molar-refractivity contribution in [1.82, 2.24) is 9.78 Å². The Balaban J connectivity index is 1.62. The molecular formula is C19H23N3O4S. The number of aryl methyl sites for hydroxylation is 1. The summed E-state index contributed by atoms with van der Waals surface area (Å²) in [6.45, 7) is 1.94. The number of ether oxygens (including phenoxy) is 1. The first-order chi connectivity index (χ1) is 12.9. The zero-order chi connectivity index (χ0) is 19.2. The Morgan fingerprint density at radius 3 is 2.67 bits per heavy atom. The lowest BCUT2D eigenvalue weighted by Crippen LogP contribution is -2.17. The van der Waals surface area contributed by atoms with Gasteiger partial charge in [-0.2, -0.15) is 5.10 Å². The number of benzene rings is 1. The van der Waals surface area contributed by atoms with E-state index in [1.807, 2.05) is 25.1 Å². The van der Waals surface area contributed by atoms with Gasteiger partial charge in [0, 0.05) is 11.6 Å². The van der Waals surface area contributed by atoms with Crippen molar-refractivity contribution in [3.05, 3.63) is 41.2 Å². The molecule has 1 saturated carbocycles. The standard InChI is InChI=1S/C19H23N3O4S/c1-12-3-6-18(26-2)15(9-12)20-19(23)16-10-17(13-4-5-13)22(21-16)14-7-8-27(24,25)11-14/h3,6,9-10,13-14H,4-5,7-8,11H2,1-2H3,(H,20,23). The van der Waals surface area contributed by atoms with Crippen molar-refractivity contribution >= 4 is 21.4 Å². The average molecular weight is 389 g/mol. The number of amides is 1. The molecule has 2 fully saturated rings. The van der Waals surface area contributed by atoms with Gasteiger partial charge >= 0.3 is 0 Å². The van der Waals surface area contributed by atoms with Gasteiger partial charge in [-0.3, -0.25) is 9.48 Å². The topological polar surface area (TPSA) is 90.3 Å². The highest BCUT2D eigenvalue weighted by molar-refractivity contribution is 7.91. The third kappa shape index (κ3) is 3.71. The lowest BCUT2D eigenvalue weighted by Gasteiger charge is -2.12. The second-order valence-electron chi connectivity index (χ2n) is 7.39. The van der Waals surface area contributed by atoms with Gasteiger partial charge < -0.3 is 10.1 Å². The van der Waals surface area contributed by atoms with Crippen LogP contribution in [0.4, 0.5) is 5.69 Å². The minimum absolute atomic E-state index is 0.0984. The predicted molar refractivity (Wildman–Crippen MR) is 102 cm³/mol. The van der Waals surface area contributed by atoms with Gasteiger partial charge in [0.15, 0.2) is 15.5 Å². The number of sulfone groups is 1. The number of hydrogen-bond acceptors (Lipinski definition) is 5. The molecule has 2 heterocycles. The fourth-order valence-corrected chi connectivity index (χ4v) is 5.26. The molecule has 27 heavy (non-hydrogen) atoms. The van der Waals surface area contributed by atoms with Crippen LogP contribution in [0, 0.1) is 6.92 Å². The molecule has 1 aliphatic heterocycles. The van der Waals surface area contributed by atoms with Crippen LogP contribution >= 0.6 is 0 Å². The zero-order valence-electron chi connectivity index (χ0n) is 15.4. The number of carbonyl (C=O) groups excluding carboxylic acids is 1. The molecule has 1 aliphatic carbocycles. The first kappa shape index (κ1) is 18.0. The van der Waals surface area contributed by atoms with Crippen LogP contribution in [0.25, 0.3) is 0 Å². The Bertz CT molecular complexity index is 992. The summed E-state index contributed by atoms with van der Waals surface area (Å²) >= 11 is 0. The smallest absolute Gasteiger partial charge is 0.276 e. The van der Waals surface area contributed by atoms with Crippen LogP contribution in [0.15, 0.2) is 24.3 Å². The summed E-state index contributed by atoms with van der Waals surface area (Å²) in [6, 6.07) is 7.19. The molecule has 2 aromatic rings. The maximum Gasteiger partial charge on any atom is 0.276 e. The molecule has 8 heteroatoms. The van der Waals surface area contributed by atoms with Gasteiger partial charge in [0.05, 0.1) is 30.3 Å². The number of nitrogens with zero attached hydrogens (tertiary/aromatic N) is 2. The molecule has 4 rings (SSSR count). The molecule has 144 valence electrons. The Labute approximate surface area is 158 Å². The molecule has 0 radical (unpaired) electrons. The van der Waals surface area contributed by atoms with Gasteiger partial charge in [-0.25, -0.2) is 8.42 Å². The van der Waals surface area contributed by atoms with E-state index in [9.17, 15) is 13.2 Å². The number of rotatable bonds is 5. The summed E-state index contributed by atoms with van der Waals surface area (Å²) in [5.74, 6) is 0.916. The van der Waals surface area contributed by atoms with E-state index in [4.69, 9.17) is 4.74 Å². The molecule has 1 atom stereocenters. The van der Waals surface area contributed by atoms with Crippen LogP contribution in [0.5, 0.6) is 5.75 Å². The average Bonchev–Trinajstić information content (AvgIpc) is 3.26. The molecular weight excluding hydrogens is 366 g/mol. The SMILES string of the molecule is COc1ccc(C)cc1NC(=O)c1cc(C2CC2)n(C2CCS(=O)(=O)C2)n1. The lowest BCUT2D eigenvalue weighted by atomic mass is 10.2. The molecule has 0 bridgehead atoms. The monoisotopic (exact) mass is 389 g/mol. The van der Waals surface area contributed by atoms with E-state index in [1.54, 1.807) is 17.9 Å². The van der Waals surface area contributed by atoms with Crippen LogP contribution in [-0.2, 0) is 9.84 Å². The Kier molecular flexibility index (Phi) is 4.46. The summed E-state index contributed by atoms with van der Waals surface area (Å²) in [5, 5.41) is 7.36. The van der Waals surface area contributed by atoms with E-state index in [-0.39, 0.29) is 23.5 Å². The highest BCUT2D eigenvalue weighted by Gasteiger charge is 2.36. The first-order valence-electron chi connectivity index (χ1n) is 9.12. The number of carbonyl (C=O) groups is 1. The van der Waals surface area contributed by atoms with Crippen LogP contribution in [-0.4, -0.2) is 42.7 Å². The van der Waals surface area contributed by atoms with Crippen molar-refractivity contribution in [2.45, 2.75) is 38.1 Å². The maximum absolute atomic E-state index is 12.8. The normalized spacial score (nSPS) is 21.2. The quantitative estimate of drug-likeness (QED) is 0.849. The van der Waals surface area contributed by atoms with Gasteiger partial charge in [0.1, 0.15) is 5.75 Å². The fraction of sp³-hybridized carbons (Fsp3) is 0.474. The lowest BCUT2D eigenvalue weighted by molar-refractivity contribution is 0.102. The zero-order valence-corrected chi connectivity index (χ0v) is 16.3. The third-order valence-corrected chi connectivity index (χ3v) is 6.90. The summed E-state index contributed by atoms with van der Waals surface area (Å²) in [7, 11) is -1.46. The summed E-state index contributed by atoms with van der Waals surface area (Å²) in [4.78, 5) is 12.8. The summed E-state index contributed by atoms with van der Waals surface area (Å²) < 4.78 is 30.8. The molecule has 1 aromatic carbocycles. The second-order valence-corrected chi connectivity index (χ2v) is 9.62. The summed E-state index contributed by atoms with van der Waals surface area (Å²) in [6.07, 6.45) is 2.66. The molecule has 1 unspecified atom stereocenters. The van der Waals surface area contributed by atoms with Gasteiger partial charge in [-0.1, -0.05) is 6.07 Å². The van der Waals surface area contributed by atoms with Crippen molar-refractivity contribution < 1.29 is 17.9 Å². The Morgan fingerprint density at radius 2 is 2.04 bits per heavy atom. The molecule has 1 saturated heterocycles. The van der Waals surface area contributed by atoms with Gasteiger partial charge in [-0.05, 0) is 49.9 Å². The van der Waals surface area contributed by atoms with Gasteiger partial charge in [0.25, 0.3) is 5.91 Å². The number of hydrogen-bond donors (Lipinski definition) is 1. The largest absolute Gasteiger partial charge is 0.495 e. The molecule has 1 amide bonds. The van der Waals surface area contributed by atoms with E-state index in [2.05, 4.69) is 10.4 Å². The van der Waals surface area contributed by atoms with E-state index in [0.717, 1.165) is 24.1 Å². The van der Waals surface area contributed by atoms with E-state index >= 15 is 0 Å². The van der Waals surface area contributed by atoms with Crippen molar-refractivity contribution in [3.8, 4) is 5.75 Å². The molecule has 7 nitrogen and oxygen atoms in total. The number of nitrogens with one attached hydrogen (secondary N) is 1. The van der Waals surface area contributed by atoms with Crippen molar-refractivity contribution in [2.24, 2.45) is 0 Å². The van der Waals surface area contributed by atoms with E-state index in [0.29, 0.717) is 29.5 Å². The van der Waals surface area contributed by atoms with Gasteiger partial charge in [-0.15, -0.1) is 0 Å². The van der Waals surface area contributed by atoms with Crippen LogP contribution < -0.4 is 10.1 Å². The summed E-state index contributed by atoms with van der Waals surface area (Å²) in [5.41, 5.74) is 2.88. The first-order valence-corrected chi connectivity index (χ1v) is 10.9.